The summed E-state index contributed by atoms with van der Waals surface area (Å²) >= 11 is 0. The highest BCUT2D eigenvalue weighted by Crippen LogP contribution is 2.21. The van der Waals surface area contributed by atoms with E-state index in [0.29, 0.717) is 23.5 Å². The van der Waals surface area contributed by atoms with Crippen LogP contribution in [0.3, 0.4) is 0 Å². The maximum Gasteiger partial charge on any atom is 0.251 e. The fourth-order valence-electron chi connectivity index (χ4n) is 3.47. The van der Waals surface area contributed by atoms with Gasteiger partial charge in [0.15, 0.2) is 0 Å². The lowest BCUT2D eigenvalue weighted by molar-refractivity contribution is -0.132. The summed E-state index contributed by atoms with van der Waals surface area (Å²) in [6, 6.07) is 13.3. The second-order valence-corrected chi connectivity index (χ2v) is 9.00. The summed E-state index contributed by atoms with van der Waals surface area (Å²) < 4.78 is 5.70. The summed E-state index contributed by atoms with van der Waals surface area (Å²) in [6.45, 7) is 1.96. The van der Waals surface area contributed by atoms with Gasteiger partial charge in [0.25, 0.3) is 5.91 Å². The Morgan fingerprint density at radius 1 is 0.854 bits per heavy atom. The van der Waals surface area contributed by atoms with Crippen molar-refractivity contribution in [1.29, 1.82) is 0 Å². The van der Waals surface area contributed by atoms with Crippen molar-refractivity contribution in [3.8, 4) is 23.8 Å². The lowest BCUT2D eigenvalue weighted by atomic mass is 9.98. The van der Waals surface area contributed by atoms with Crippen molar-refractivity contribution in [2.24, 2.45) is 5.92 Å². The van der Waals surface area contributed by atoms with Crippen LogP contribution in [0.4, 0.5) is 0 Å². The molecule has 6 N–H and O–H groups in total. The zero-order chi connectivity index (χ0) is 30.2. The molecule has 0 unspecified atom stereocenters. The highest BCUT2D eigenvalue weighted by molar-refractivity contribution is 5.97. The molecular formula is C29H35N5O7. The number of amides is 5. The molecule has 2 aromatic carbocycles. The van der Waals surface area contributed by atoms with Crippen molar-refractivity contribution in [3.05, 3.63) is 60.2 Å². The van der Waals surface area contributed by atoms with E-state index in [4.69, 9.17) is 11.2 Å². The number of ether oxygens (including phenoxy) is 1. The first-order valence-electron chi connectivity index (χ1n) is 13.0. The molecule has 0 aliphatic heterocycles. The Morgan fingerprint density at radius 2 is 1.46 bits per heavy atom. The molecule has 12 nitrogen and oxygen atoms in total. The summed E-state index contributed by atoms with van der Waals surface area (Å²) in [6.07, 6.45) is 5.61. The average Bonchev–Trinajstić information content (AvgIpc) is 2.99. The van der Waals surface area contributed by atoms with Gasteiger partial charge in [-0.05, 0) is 42.3 Å². The third-order valence-electron chi connectivity index (χ3n) is 5.94. The summed E-state index contributed by atoms with van der Waals surface area (Å²) in [5.41, 5.74) is 0.314. The van der Waals surface area contributed by atoms with Crippen molar-refractivity contribution in [1.82, 2.24) is 26.6 Å². The van der Waals surface area contributed by atoms with Gasteiger partial charge in [-0.3, -0.25) is 24.0 Å². The van der Waals surface area contributed by atoms with Crippen molar-refractivity contribution in [2.45, 2.75) is 32.4 Å². The number of hydrogen-bond donors (Lipinski definition) is 6. The second kappa shape index (κ2) is 16.9. The topological polar surface area (TPSA) is 175 Å². The van der Waals surface area contributed by atoms with Gasteiger partial charge >= 0.3 is 0 Å². The van der Waals surface area contributed by atoms with Crippen molar-refractivity contribution in [3.63, 3.8) is 0 Å². The molecule has 41 heavy (non-hydrogen) atoms. The largest absolute Gasteiger partial charge is 0.457 e. The van der Waals surface area contributed by atoms with Crippen molar-refractivity contribution < 1.29 is 33.8 Å². The predicted molar refractivity (Wildman–Crippen MR) is 151 cm³/mol. The number of carbonyl (C=O) groups excluding carboxylic acids is 5. The fraction of sp³-hybridized carbons (Fsp3) is 0.345. The SMILES string of the molecule is C#CCNC(=O)[C@H](CO)NC(=O)CNC(=O)[C@@H](NC(=O)CNC(=O)c1ccc(Oc2ccccc2)cc1)[C@@H](C)CC. The Bertz CT molecular complexity index is 1230. The molecular weight excluding hydrogens is 530 g/mol. The summed E-state index contributed by atoms with van der Waals surface area (Å²) in [7, 11) is 0. The van der Waals surface area contributed by atoms with E-state index < -0.39 is 54.8 Å². The number of terminal acetylenes is 1. The van der Waals surface area contributed by atoms with E-state index in [1.807, 2.05) is 25.1 Å². The van der Waals surface area contributed by atoms with Crippen LogP contribution in [0.25, 0.3) is 0 Å². The van der Waals surface area contributed by atoms with E-state index in [9.17, 15) is 29.1 Å². The molecule has 0 radical (unpaired) electrons. The van der Waals surface area contributed by atoms with Crippen LogP contribution in [-0.4, -0.2) is 73.0 Å². The minimum atomic E-state index is -1.24. The van der Waals surface area contributed by atoms with Crippen molar-refractivity contribution >= 4 is 29.5 Å². The zero-order valence-corrected chi connectivity index (χ0v) is 22.9. The number of nitrogens with one attached hydrogen (secondary N) is 5. The van der Waals surface area contributed by atoms with Crippen LogP contribution in [-0.2, 0) is 19.2 Å². The molecule has 5 amide bonds. The Morgan fingerprint density at radius 3 is 2.07 bits per heavy atom. The minimum absolute atomic E-state index is 0.0747. The first kappa shape index (κ1) is 32.3. The van der Waals surface area contributed by atoms with Gasteiger partial charge in [-0.1, -0.05) is 44.4 Å². The molecule has 0 aliphatic rings. The predicted octanol–water partition coefficient (Wildman–Crippen LogP) is 0.0823. The van der Waals surface area contributed by atoms with Gasteiger partial charge in [0.05, 0.1) is 26.2 Å². The van der Waals surface area contributed by atoms with E-state index in [2.05, 4.69) is 32.5 Å². The first-order valence-corrected chi connectivity index (χ1v) is 13.0. The van der Waals surface area contributed by atoms with E-state index in [1.165, 1.54) is 0 Å². The number of aliphatic hydroxyl groups excluding tert-OH is 1. The lowest BCUT2D eigenvalue weighted by Gasteiger charge is -2.24. The van der Waals surface area contributed by atoms with Crippen LogP contribution in [0.15, 0.2) is 54.6 Å². The summed E-state index contributed by atoms with van der Waals surface area (Å²) in [4.78, 5) is 62.0. The molecule has 0 bridgehead atoms. The third-order valence-corrected chi connectivity index (χ3v) is 5.94. The van der Waals surface area contributed by atoms with Crippen molar-refractivity contribution in [2.75, 3.05) is 26.2 Å². The fourth-order valence-corrected chi connectivity index (χ4v) is 3.47. The average molecular weight is 566 g/mol. The maximum absolute atomic E-state index is 12.8. The number of rotatable bonds is 15. The zero-order valence-electron chi connectivity index (χ0n) is 22.9. The normalized spacial score (nSPS) is 12.4. The highest BCUT2D eigenvalue weighted by Gasteiger charge is 2.27. The third kappa shape index (κ3) is 11.0. The van der Waals surface area contributed by atoms with Crippen LogP contribution < -0.4 is 31.3 Å². The van der Waals surface area contributed by atoms with Crippen LogP contribution in [0, 0.1) is 18.3 Å². The van der Waals surface area contributed by atoms with E-state index >= 15 is 0 Å². The van der Waals surface area contributed by atoms with E-state index in [1.54, 1.807) is 43.3 Å². The Kier molecular flexibility index (Phi) is 13.4. The van der Waals surface area contributed by atoms with E-state index in [0.717, 1.165) is 0 Å². The quantitative estimate of drug-likeness (QED) is 0.166. The number of benzene rings is 2. The Balaban J connectivity index is 1.86. The van der Waals surface area contributed by atoms with Gasteiger partial charge in [0.2, 0.25) is 23.6 Å². The van der Waals surface area contributed by atoms with Crippen LogP contribution in [0.5, 0.6) is 11.5 Å². The van der Waals surface area contributed by atoms with E-state index in [-0.39, 0.29) is 19.0 Å². The molecule has 0 heterocycles. The molecule has 218 valence electrons. The van der Waals surface area contributed by atoms with Crippen LogP contribution >= 0.6 is 0 Å². The molecule has 2 aromatic rings. The molecule has 0 spiro atoms. The summed E-state index contributed by atoms with van der Waals surface area (Å²) in [5, 5.41) is 21.5. The smallest absolute Gasteiger partial charge is 0.251 e. The number of aliphatic hydroxyl groups is 1. The molecule has 3 atom stereocenters. The molecule has 0 fully saturated rings. The first-order chi connectivity index (χ1) is 19.7. The molecule has 0 aliphatic carbocycles. The highest BCUT2D eigenvalue weighted by atomic mass is 16.5. The number of hydrogen-bond acceptors (Lipinski definition) is 7. The van der Waals surface area contributed by atoms with Crippen LogP contribution in [0.1, 0.15) is 30.6 Å². The maximum atomic E-state index is 12.8. The van der Waals surface area contributed by atoms with Gasteiger partial charge in [0, 0.05) is 5.56 Å². The monoisotopic (exact) mass is 565 g/mol. The lowest BCUT2D eigenvalue weighted by Crippen LogP contribution is -2.55. The minimum Gasteiger partial charge on any atom is -0.457 e. The van der Waals surface area contributed by atoms with Gasteiger partial charge < -0.3 is 36.4 Å². The van der Waals surface area contributed by atoms with Gasteiger partial charge in [-0.2, -0.15) is 0 Å². The molecule has 0 aromatic heterocycles. The Labute approximate surface area is 238 Å². The molecule has 0 saturated carbocycles. The van der Waals surface area contributed by atoms with Crippen LogP contribution in [0.2, 0.25) is 0 Å². The van der Waals surface area contributed by atoms with Gasteiger partial charge in [0.1, 0.15) is 23.6 Å². The van der Waals surface area contributed by atoms with Gasteiger partial charge in [-0.15, -0.1) is 6.42 Å². The Hall–Kier alpha value is -4.89. The molecule has 12 heteroatoms. The molecule has 2 rings (SSSR count). The van der Waals surface area contributed by atoms with Gasteiger partial charge in [-0.25, -0.2) is 0 Å². The summed E-state index contributed by atoms with van der Waals surface area (Å²) in [5.74, 6) is -0.0117. The number of carbonyl (C=O) groups is 5. The standard InChI is InChI=1S/C29H35N5O7/c1-4-15-30-28(39)23(18-35)33-24(36)16-32-29(40)26(19(3)5-2)34-25(37)17-31-27(38)20-11-13-22(14-12-20)41-21-9-7-6-8-10-21/h1,6-14,19,23,26,35H,5,15-18H2,2-3H3,(H,30,39)(H,31,38)(H,32,40)(H,33,36)(H,34,37)/t19-,23-,26-/m0/s1. The molecule has 0 saturated heterocycles. The number of para-hydroxylation sites is 1. The second-order valence-electron chi connectivity index (χ2n) is 9.00.